The Kier molecular flexibility index (Phi) is 4.45. The van der Waals surface area contributed by atoms with Gasteiger partial charge >= 0.3 is 5.97 Å². The zero-order valence-corrected chi connectivity index (χ0v) is 12.8. The Hall–Kier alpha value is -1.39. The third kappa shape index (κ3) is 3.19. The molecule has 4 heteroatoms. The first kappa shape index (κ1) is 15.0. The molecule has 0 aliphatic carbocycles. The van der Waals surface area contributed by atoms with E-state index in [4.69, 9.17) is 4.74 Å². The number of hydrogen-bond donors (Lipinski definition) is 1. The highest BCUT2D eigenvalue weighted by Gasteiger charge is 2.37. The monoisotopic (exact) mass is 276 g/mol. The summed E-state index contributed by atoms with van der Waals surface area (Å²) in [5, 5.41) is 3.34. The van der Waals surface area contributed by atoms with Gasteiger partial charge in [0.15, 0.2) is 0 Å². The lowest BCUT2D eigenvalue weighted by Gasteiger charge is -2.33. The van der Waals surface area contributed by atoms with Gasteiger partial charge in [-0.25, -0.2) is 0 Å². The first-order valence-electron chi connectivity index (χ1n) is 7.10. The summed E-state index contributed by atoms with van der Waals surface area (Å²) in [6.45, 7) is 8.43. The maximum absolute atomic E-state index is 12.1. The standard InChI is InChI=1S/C16H24N2O2/c1-12(2)17-16(3,15(19)20-4)11-18-9-13-7-5-6-8-14(13)10-18/h5-8,12,17H,9-11H2,1-4H3. The number of methoxy groups -OCH3 is 1. The quantitative estimate of drug-likeness (QED) is 0.834. The highest BCUT2D eigenvalue weighted by atomic mass is 16.5. The van der Waals surface area contributed by atoms with Crippen LogP contribution in [0.25, 0.3) is 0 Å². The summed E-state index contributed by atoms with van der Waals surface area (Å²) in [5.41, 5.74) is 2.03. The molecule has 1 heterocycles. The molecule has 1 aromatic carbocycles. The molecule has 0 saturated heterocycles. The summed E-state index contributed by atoms with van der Waals surface area (Å²) in [7, 11) is 1.45. The number of nitrogens with zero attached hydrogens (tertiary/aromatic N) is 1. The molecule has 0 saturated carbocycles. The molecule has 1 N–H and O–H groups in total. The van der Waals surface area contributed by atoms with Gasteiger partial charge in [0.1, 0.15) is 5.54 Å². The van der Waals surface area contributed by atoms with E-state index in [-0.39, 0.29) is 12.0 Å². The van der Waals surface area contributed by atoms with E-state index in [0.29, 0.717) is 6.54 Å². The Morgan fingerprint density at radius 3 is 2.35 bits per heavy atom. The van der Waals surface area contributed by atoms with E-state index in [1.807, 2.05) is 20.8 Å². The number of hydrogen-bond acceptors (Lipinski definition) is 4. The van der Waals surface area contributed by atoms with Gasteiger partial charge in [-0.2, -0.15) is 0 Å². The topological polar surface area (TPSA) is 41.6 Å². The van der Waals surface area contributed by atoms with Crippen molar-refractivity contribution in [2.24, 2.45) is 0 Å². The van der Waals surface area contributed by atoms with E-state index in [1.54, 1.807) is 0 Å². The summed E-state index contributed by atoms with van der Waals surface area (Å²) in [6.07, 6.45) is 0. The zero-order valence-electron chi connectivity index (χ0n) is 12.8. The second-order valence-electron chi connectivity index (χ2n) is 6.04. The third-order valence-corrected chi connectivity index (χ3v) is 3.69. The van der Waals surface area contributed by atoms with E-state index in [1.165, 1.54) is 18.2 Å². The van der Waals surface area contributed by atoms with Crippen LogP contribution in [0.5, 0.6) is 0 Å². The molecule has 110 valence electrons. The summed E-state index contributed by atoms with van der Waals surface area (Å²) < 4.78 is 4.98. The fourth-order valence-corrected chi connectivity index (χ4v) is 2.99. The van der Waals surface area contributed by atoms with E-state index < -0.39 is 5.54 Å². The number of esters is 1. The first-order chi connectivity index (χ1) is 9.44. The van der Waals surface area contributed by atoms with Gasteiger partial charge in [0, 0.05) is 25.7 Å². The Morgan fingerprint density at radius 1 is 1.35 bits per heavy atom. The molecule has 1 aliphatic heterocycles. The number of fused-ring (bicyclic) bond motifs is 1. The molecule has 1 unspecified atom stereocenters. The molecule has 0 spiro atoms. The number of nitrogens with one attached hydrogen (secondary N) is 1. The van der Waals surface area contributed by atoms with Crippen LogP contribution in [0, 0.1) is 0 Å². The molecule has 1 aromatic rings. The molecule has 0 amide bonds. The lowest BCUT2D eigenvalue weighted by Crippen LogP contribution is -2.58. The smallest absolute Gasteiger partial charge is 0.327 e. The van der Waals surface area contributed by atoms with Gasteiger partial charge in [0.25, 0.3) is 0 Å². The molecule has 1 atom stereocenters. The molecule has 0 bridgehead atoms. The fourth-order valence-electron chi connectivity index (χ4n) is 2.99. The first-order valence-corrected chi connectivity index (χ1v) is 7.10. The fraction of sp³-hybridized carbons (Fsp3) is 0.562. The van der Waals surface area contributed by atoms with Crippen LogP contribution in [0.3, 0.4) is 0 Å². The van der Waals surface area contributed by atoms with Crippen LogP contribution >= 0.6 is 0 Å². The SMILES string of the molecule is COC(=O)C(C)(CN1Cc2ccccc2C1)NC(C)C. The van der Waals surface area contributed by atoms with Gasteiger partial charge < -0.3 is 4.74 Å². The Bertz CT molecular complexity index is 462. The van der Waals surface area contributed by atoms with Crippen molar-refractivity contribution in [3.8, 4) is 0 Å². The molecule has 0 fully saturated rings. The van der Waals surface area contributed by atoms with E-state index in [0.717, 1.165) is 13.1 Å². The average molecular weight is 276 g/mol. The van der Waals surface area contributed by atoms with Crippen LogP contribution in [0.2, 0.25) is 0 Å². The average Bonchev–Trinajstić information content (AvgIpc) is 2.78. The van der Waals surface area contributed by atoms with Crippen LogP contribution in [0.15, 0.2) is 24.3 Å². The van der Waals surface area contributed by atoms with Crippen molar-refractivity contribution in [1.82, 2.24) is 10.2 Å². The van der Waals surface area contributed by atoms with Gasteiger partial charge in [-0.3, -0.25) is 15.0 Å². The van der Waals surface area contributed by atoms with Crippen molar-refractivity contribution in [1.29, 1.82) is 0 Å². The second kappa shape index (κ2) is 5.94. The van der Waals surface area contributed by atoms with Gasteiger partial charge in [-0.15, -0.1) is 0 Å². The molecule has 0 aromatic heterocycles. The minimum Gasteiger partial charge on any atom is -0.468 e. The van der Waals surface area contributed by atoms with Gasteiger partial charge in [0.2, 0.25) is 0 Å². The van der Waals surface area contributed by atoms with Crippen molar-refractivity contribution < 1.29 is 9.53 Å². The van der Waals surface area contributed by atoms with Crippen molar-refractivity contribution in [3.63, 3.8) is 0 Å². The van der Waals surface area contributed by atoms with Crippen molar-refractivity contribution in [2.75, 3.05) is 13.7 Å². The largest absolute Gasteiger partial charge is 0.468 e. The van der Waals surface area contributed by atoms with Crippen LogP contribution in [0.1, 0.15) is 31.9 Å². The summed E-state index contributed by atoms with van der Waals surface area (Å²) in [4.78, 5) is 14.4. The minimum absolute atomic E-state index is 0.206. The van der Waals surface area contributed by atoms with Crippen LogP contribution < -0.4 is 5.32 Å². The molecule has 1 aliphatic rings. The molecule has 2 rings (SSSR count). The lowest BCUT2D eigenvalue weighted by molar-refractivity contribution is -0.149. The lowest BCUT2D eigenvalue weighted by atomic mass is 10.0. The number of benzene rings is 1. The van der Waals surface area contributed by atoms with Crippen LogP contribution in [-0.2, 0) is 22.6 Å². The van der Waals surface area contributed by atoms with Gasteiger partial charge in [0.05, 0.1) is 7.11 Å². The maximum Gasteiger partial charge on any atom is 0.327 e. The minimum atomic E-state index is -0.676. The van der Waals surface area contributed by atoms with E-state index >= 15 is 0 Å². The Balaban J connectivity index is 2.09. The van der Waals surface area contributed by atoms with Crippen molar-refractivity contribution >= 4 is 5.97 Å². The van der Waals surface area contributed by atoms with E-state index in [9.17, 15) is 4.79 Å². The molecule has 0 radical (unpaired) electrons. The third-order valence-electron chi connectivity index (χ3n) is 3.69. The Morgan fingerprint density at radius 2 is 1.90 bits per heavy atom. The molecular weight excluding hydrogens is 252 g/mol. The van der Waals surface area contributed by atoms with Crippen LogP contribution in [-0.4, -0.2) is 36.1 Å². The van der Waals surface area contributed by atoms with E-state index in [2.05, 4.69) is 34.5 Å². The summed E-state index contributed by atoms with van der Waals surface area (Å²) >= 11 is 0. The number of carbonyl (C=O) groups is 1. The van der Waals surface area contributed by atoms with Gasteiger partial charge in [-0.1, -0.05) is 24.3 Å². The molecular formula is C16H24N2O2. The number of carbonyl (C=O) groups excluding carboxylic acids is 1. The highest BCUT2D eigenvalue weighted by molar-refractivity contribution is 5.80. The maximum atomic E-state index is 12.1. The van der Waals surface area contributed by atoms with Crippen molar-refractivity contribution in [2.45, 2.75) is 45.4 Å². The predicted molar refractivity (Wildman–Crippen MR) is 79.2 cm³/mol. The highest BCUT2D eigenvalue weighted by Crippen LogP contribution is 2.24. The summed E-state index contributed by atoms with van der Waals surface area (Å²) in [6, 6.07) is 8.66. The normalized spacial score (nSPS) is 17.9. The van der Waals surface area contributed by atoms with Crippen molar-refractivity contribution in [3.05, 3.63) is 35.4 Å². The Labute approximate surface area is 121 Å². The number of ether oxygens (including phenoxy) is 1. The number of rotatable bonds is 5. The second-order valence-corrected chi connectivity index (χ2v) is 6.04. The molecule has 4 nitrogen and oxygen atoms in total. The van der Waals surface area contributed by atoms with Crippen LogP contribution in [0.4, 0.5) is 0 Å². The zero-order chi connectivity index (χ0) is 14.8. The summed E-state index contributed by atoms with van der Waals surface area (Å²) in [5.74, 6) is -0.206. The van der Waals surface area contributed by atoms with Gasteiger partial charge in [-0.05, 0) is 31.9 Å². The predicted octanol–water partition coefficient (Wildman–Crippen LogP) is 1.93. The molecule has 20 heavy (non-hydrogen) atoms.